The molecule has 1 amide bonds. The summed E-state index contributed by atoms with van der Waals surface area (Å²) in [6, 6.07) is 9.36. The van der Waals surface area contributed by atoms with Crippen LogP contribution in [0.2, 0.25) is 0 Å². The number of nitrogens with one attached hydrogen (secondary N) is 2. The molecule has 0 saturated carbocycles. The number of unbranched alkanes of at least 4 members (excludes halogenated alkanes) is 14. The lowest BCUT2D eigenvalue weighted by molar-refractivity contribution is -0.121. The minimum atomic E-state index is -0.214. The van der Waals surface area contributed by atoms with E-state index in [0.717, 1.165) is 23.7 Å². The van der Waals surface area contributed by atoms with Crippen molar-refractivity contribution in [2.75, 3.05) is 0 Å². The quantitative estimate of drug-likeness (QED) is 0.142. The maximum Gasteiger partial charge on any atom is 0.257 e. The molecule has 0 atom stereocenters. The van der Waals surface area contributed by atoms with Crippen molar-refractivity contribution in [1.29, 1.82) is 0 Å². The first-order chi connectivity index (χ1) is 16.2. The molecule has 182 valence electrons. The van der Waals surface area contributed by atoms with E-state index in [2.05, 4.69) is 22.4 Å². The minimum Gasteiger partial charge on any atom is -0.321 e. The van der Waals surface area contributed by atoms with Gasteiger partial charge >= 0.3 is 0 Å². The Balaban J connectivity index is 1.44. The maximum atomic E-state index is 12.1. The average molecular weight is 454 g/mol. The molecule has 1 heterocycles. The van der Waals surface area contributed by atoms with Crippen LogP contribution in [0.25, 0.3) is 10.9 Å². The summed E-state index contributed by atoms with van der Waals surface area (Å²) < 4.78 is 0. The number of aromatic amines is 1. The summed E-state index contributed by atoms with van der Waals surface area (Å²) >= 11 is 0. The van der Waals surface area contributed by atoms with Crippen LogP contribution in [-0.2, 0) is 4.79 Å². The molecule has 2 N–H and O–H groups in total. The number of aromatic nitrogens is 1. The van der Waals surface area contributed by atoms with Gasteiger partial charge in [-0.2, -0.15) is 5.10 Å². The van der Waals surface area contributed by atoms with E-state index < -0.39 is 0 Å². The molecule has 0 radical (unpaired) electrons. The van der Waals surface area contributed by atoms with Crippen LogP contribution in [-0.4, -0.2) is 17.1 Å². The minimum absolute atomic E-state index is 0.0989. The Bertz CT molecular complexity index is 888. The monoisotopic (exact) mass is 453 g/mol. The summed E-state index contributed by atoms with van der Waals surface area (Å²) in [7, 11) is 0. The lowest BCUT2D eigenvalue weighted by Crippen LogP contribution is -2.18. The van der Waals surface area contributed by atoms with E-state index in [9.17, 15) is 9.59 Å². The van der Waals surface area contributed by atoms with E-state index in [1.807, 2.05) is 24.3 Å². The Morgan fingerprint density at radius 3 is 2.00 bits per heavy atom. The van der Waals surface area contributed by atoms with Gasteiger partial charge < -0.3 is 4.98 Å². The van der Waals surface area contributed by atoms with Crippen molar-refractivity contribution < 1.29 is 4.79 Å². The van der Waals surface area contributed by atoms with Gasteiger partial charge in [-0.1, -0.05) is 115 Å². The molecule has 1 aromatic heterocycles. The molecule has 0 aliphatic carbocycles. The first kappa shape index (κ1) is 26.8. The van der Waals surface area contributed by atoms with E-state index in [1.165, 1.54) is 89.7 Å². The number of amides is 1. The standard InChI is InChI=1S/C28H43N3O2/c1-2-3-4-5-6-7-8-9-10-11-12-13-14-15-16-21-27(32)31-29-23-25-22-24-19-17-18-20-26(24)30-28(25)33/h17-20,22-23H,2-16,21H2,1H3,(H,30,33)(H,31,32)/b29-23-. The number of benzene rings is 1. The molecule has 0 fully saturated rings. The summed E-state index contributed by atoms with van der Waals surface area (Å²) in [5, 5.41) is 4.89. The Labute approximate surface area is 199 Å². The van der Waals surface area contributed by atoms with Crippen LogP contribution in [0.15, 0.2) is 40.2 Å². The number of hydrogen-bond donors (Lipinski definition) is 2. The third kappa shape index (κ3) is 11.8. The van der Waals surface area contributed by atoms with Gasteiger partial charge in [0, 0.05) is 11.9 Å². The third-order valence-corrected chi connectivity index (χ3v) is 6.18. The Kier molecular flexibility index (Phi) is 13.9. The van der Waals surface area contributed by atoms with Crippen molar-refractivity contribution in [3.63, 3.8) is 0 Å². The number of carbonyl (C=O) groups is 1. The molecule has 0 aliphatic rings. The number of H-pyrrole nitrogens is 1. The summed E-state index contributed by atoms with van der Waals surface area (Å²) in [4.78, 5) is 26.9. The third-order valence-electron chi connectivity index (χ3n) is 6.18. The maximum absolute atomic E-state index is 12.1. The number of nitrogens with zero attached hydrogens (tertiary/aromatic N) is 1. The Morgan fingerprint density at radius 2 is 1.39 bits per heavy atom. The number of rotatable bonds is 18. The molecule has 0 saturated heterocycles. The fourth-order valence-corrected chi connectivity index (χ4v) is 4.15. The van der Waals surface area contributed by atoms with Crippen LogP contribution in [0.1, 0.15) is 115 Å². The highest BCUT2D eigenvalue weighted by molar-refractivity contribution is 5.88. The highest BCUT2D eigenvalue weighted by atomic mass is 16.2. The SMILES string of the molecule is CCCCCCCCCCCCCCCCCC(=O)N/N=C\c1cc2ccccc2[nH]c1=O. The van der Waals surface area contributed by atoms with Gasteiger partial charge in [-0.3, -0.25) is 9.59 Å². The largest absolute Gasteiger partial charge is 0.321 e. The van der Waals surface area contributed by atoms with Gasteiger partial charge in [0.25, 0.3) is 5.56 Å². The Morgan fingerprint density at radius 1 is 0.848 bits per heavy atom. The van der Waals surface area contributed by atoms with Crippen LogP contribution in [0.4, 0.5) is 0 Å². The molecule has 0 unspecified atom stereocenters. The summed E-state index contributed by atoms with van der Waals surface area (Å²) in [5.74, 6) is -0.0989. The van der Waals surface area contributed by atoms with Crippen molar-refractivity contribution >= 4 is 23.0 Å². The fourth-order valence-electron chi connectivity index (χ4n) is 4.15. The molecule has 2 rings (SSSR count). The predicted molar refractivity (Wildman–Crippen MR) is 140 cm³/mol. The molecule has 2 aromatic rings. The number of hydrogen-bond acceptors (Lipinski definition) is 3. The van der Waals surface area contributed by atoms with Gasteiger partial charge in [-0.05, 0) is 23.9 Å². The van der Waals surface area contributed by atoms with Crippen molar-refractivity contribution in [3.8, 4) is 0 Å². The summed E-state index contributed by atoms with van der Waals surface area (Å²) in [6.45, 7) is 2.27. The van der Waals surface area contributed by atoms with Gasteiger partial charge in [0.15, 0.2) is 0 Å². The number of carbonyl (C=O) groups excluding carboxylic acids is 1. The lowest BCUT2D eigenvalue weighted by Gasteiger charge is -2.03. The zero-order valence-electron chi connectivity index (χ0n) is 20.5. The van der Waals surface area contributed by atoms with E-state index in [-0.39, 0.29) is 11.5 Å². The highest BCUT2D eigenvalue weighted by Crippen LogP contribution is 2.14. The Hall–Kier alpha value is -2.43. The molecule has 0 spiro atoms. The molecular weight excluding hydrogens is 410 g/mol. The van der Waals surface area contributed by atoms with E-state index in [1.54, 1.807) is 6.07 Å². The van der Waals surface area contributed by atoms with E-state index in [0.29, 0.717) is 12.0 Å². The van der Waals surface area contributed by atoms with Crippen molar-refractivity contribution in [3.05, 3.63) is 46.2 Å². The van der Waals surface area contributed by atoms with Crippen LogP contribution in [0.3, 0.4) is 0 Å². The normalized spacial score (nSPS) is 11.4. The molecule has 5 nitrogen and oxygen atoms in total. The van der Waals surface area contributed by atoms with Crippen molar-refractivity contribution in [2.45, 2.75) is 110 Å². The molecule has 1 aromatic carbocycles. The molecular formula is C28H43N3O2. The molecule has 0 bridgehead atoms. The molecule has 33 heavy (non-hydrogen) atoms. The number of para-hydroxylation sites is 1. The second-order valence-corrected chi connectivity index (χ2v) is 9.13. The van der Waals surface area contributed by atoms with Gasteiger partial charge in [0.2, 0.25) is 5.91 Å². The zero-order valence-corrected chi connectivity index (χ0v) is 20.5. The number of hydrazone groups is 1. The second-order valence-electron chi connectivity index (χ2n) is 9.13. The molecule has 5 heteroatoms. The van der Waals surface area contributed by atoms with Gasteiger partial charge in [0.05, 0.1) is 11.8 Å². The van der Waals surface area contributed by atoms with E-state index in [4.69, 9.17) is 0 Å². The van der Waals surface area contributed by atoms with Crippen LogP contribution >= 0.6 is 0 Å². The van der Waals surface area contributed by atoms with Crippen molar-refractivity contribution in [1.82, 2.24) is 10.4 Å². The number of pyridine rings is 1. The van der Waals surface area contributed by atoms with E-state index >= 15 is 0 Å². The van der Waals surface area contributed by atoms with Crippen LogP contribution < -0.4 is 11.0 Å². The smallest absolute Gasteiger partial charge is 0.257 e. The van der Waals surface area contributed by atoms with Crippen LogP contribution in [0, 0.1) is 0 Å². The zero-order chi connectivity index (χ0) is 23.6. The first-order valence-corrected chi connectivity index (χ1v) is 13.1. The van der Waals surface area contributed by atoms with Crippen LogP contribution in [0.5, 0.6) is 0 Å². The summed E-state index contributed by atoms with van der Waals surface area (Å²) in [5.41, 5.74) is 3.54. The summed E-state index contributed by atoms with van der Waals surface area (Å²) in [6.07, 6.45) is 21.5. The second kappa shape index (κ2) is 17.1. The first-order valence-electron chi connectivity index (χ1n) is 13.1. The van der Waals surface area contributed by atoms with Crippen molar-refractivity contribution in [2.24, 2.45) is 5.10 Å². The van der Waals surface area contributed by atoms with Gasteiger partial charge in [-0.25, -0.2) is 5.43 Å². The topological polar surface area (TPSA) is 74.3 Å². The number of fused-ring (bicyclic) bond motifs is 1. The fraction of sp³-hybridized carbons (Fsp3) is 0.607. The van der Waals surface area contributed by atoms with Gasteiger partial charge in [0.1, 0.15) is 0 Å². The average Bonchev–Trinajstić information content (AvgIpc) is 2.82. The predicted octanol–water partition coefficient (Wildman–Crippen LogP) is 7.24. The molecule has 0 aliphatic heterocycles. The van der Waals surface area contributed by atoms with Gasteiger partial charge in [-0.15, -0.1) is 0 Å². The highest BCUT2D eigenvalue weighted by Gasteiger charge is 2.02. The lowest BCUT2D eigenvalue weighted by atomic mass is 10.0.